The number of ether oxygens (including phenoxy) is 2. The molecular formula is C29H39ClO6. The molecule has 0 radical (unpaired) electrons. The Hall–Kier alpha value is -1.95. The second-order valence-corrected chi connectivity index (χ2v) is 12.3. The van der Waals surface area contributed by atoms with E-state index >= 15 is 0 Å². The summed E-state index contributed by atoms with van der Waals surface area (Å²) in [6.07, 6.45) is 9.39. The van der Waals surface area contributed by atoms with Gasteiger partial charge in [-0.2, -0.15) is 0 Å². The van der Waals surface area contributed by atoms with Crippen LogP contribution in [0.4, 0.5) is 0 Å². The van der Waals surface area contributed by atoms with E-state index in [4.69, 9.17) is 21.1 Å². The summed E-state index contributed by atoms with van der Waals surface area (Å²) in [5.74, 6) is -0.981. The number of alkyl halides is 1. The summed E-state index contributed by atoms with van der Waals surface area (Å²) >= 11 is 7.23. The zero-order valence-corrected chi connectivity index (χ0v) is 22.9. The Kier molecular flexibility index (Phi) is 7.33. The number of carbonyl (C=O) groups excluding carboxylic acids is 4. The van der Waals surface area contributed by atoms with Crippen molar-refractivity contribution in [2.75, 3.05) is 6.61 Å². The van der Waals surface area contributed by atoms with Gasteiger partial charge >= 0.3 is 11.9 Å². The van der Waals surface area contributed by atoms with Crippen LogP contribution in [0.25, 0.3) is 0 Å². The fraction of sp³-hybridized carbons (Fsp3) is 0.724. The standard InChI is InChI=1S/C29H39ClO6/c1-6-8-25(34)35-16-23(32)29(36-24(33)7-2)17(3)13-21-20-10-9-18-14-19(31)11-12-27(18,4)26(20)22(30)15-28(21,29)5/h11-12,14,17,20-22,26H,6-10,13,15-16H2,1-5H3/t17-,20-,21-,22-,26+,27-,28-,29-/m0/s1. The largest absolute Gasteiger partial charge is 0.457 e. The van der Waals surface area contributed by atoms with Gasteiger partial charge < -0.3 is 9.47 Å². The number of ketones is 2. The molecule has 198 valence electrons. The minimum absolute atomic E-state index is 0.0240. The van der Waals surface area contributed by atoms with Gasteiger partial charge in [-0.15, -0.1) is 11.6 Å². The highest BCUT2D eigenvalue weighted by molar-refractivity contribution is 6.21. The SMILES string of the molecule is CCCC(=O)OCC(=O)[C@@]1(OC(=O)CC)[C@@H](C)C[C@H]2[C@@H]3CCC4=CC(=O)C=C[C@]4(C)[C@H]3[C@@H](Cl)C[C@@]21C. The third-order valence-electron chi connectivity index (χ3n) is 9.79. The number of carbonyl (C=O) groups is 4. The number of rotatable bonds is 7. The van der Waals surface area contributed by atoms with Gasteiger partial charge in [-0.3, -0.25) is 19.2 Å². The lowest BCUT2D eigenvalue weighted by Gasteiger charge is -2.60. The second-order valence-electron chi connectivity index (χ2n) is 11.7. The van der Waals surface area contributed by atoms with Crippen LogP contribution in [0.15, 0.2) is 23.8 Å². The summed E-state index contributed by atoms with van der Waals surface area (Å²) in [6.45, 7) is 9.40. The quantitative estimate of drug-likeness (QED) is 0.333. The van der Waals surface area contributed by atoms with E-state index in [0.717, 1.165) is 24.8 Å². The molecule has 0 aromatic heterocycles. The fourth-order valence-corrected chi connectivity index (χ4v) is 8.99. The van der Waals surface area contributed by atoms with Gasteiger partial charge in [0.15, 0.2) is 18.0 Å². The first-order valence-corrected chi connectivity index (χ1v) is 13.9. The minimum atomic E-state index is -1.40. The second kappa shape index (κ2) is 9.74. The van der Waals surface area contributed by atoms with Crippen molar-refractivity contribution in [1.82, 2.24) is 0 Å². The summed E-state index contributed by atoms with van der Waals surface area (Å²) in [4.78, 5) is 50.9. The van der Waals surface area contributed by atoms with Crippen LogP contribution in [-0.2, 0) is 28.7 Å². The van der Waals surface area contributed by atoms with Crippen molar-refractivity contribution < 1.29 is 28.7 Å². The molecule has 3 saturated carbocycles. The molecule has 0 aromatic rings. The Balaban J connectivity index is 1.73. The molecule has 0 aliphatic heterocycles. The molecule has 0 N–H and O–H groups in total. The molecule has 0 bridgehead atoms. The molecule has 4 aliphatic carbocycles. The van der Waals surface area contributed by atoms with Crippen molar-refractivity contribution >= 4 is 35.1 Å². The third kappa shape index (κ3) is 3.99. The van der Waals surface area contributed by atoms with Gasteiger partial charge in [0.05, 0.1) is 0 Å². The third-order valence-corrected chi connectivity index (χ3v) is 10.2. The van der Waals surface area contributed by atoms with Crippen LogP contribution >= 0.6 is 11.6 Å². The lowest BCUT2D eigenvalue weighted by Crippen LogP contribution is -2.63. The Labute approximate surface area is 219 Å². The maximum atomic E-state index is 13.9. The van der Waals surface area contributed by atoms with Crippen LogP contribution < -0.4 is 0 Å². The molecule has 0 unspecified atom stereocenters. The van der Waals surface area contributed by atoms with Crippen LogP contribution in [0, 0.1) is 34.5 Å². The molecule has 8 atom stereocenters. The van der Waals surface area contributed by atoms with Crippen LogP contribution in [0.1, 0.15) is 79.6 Å². The maximum Gasteiger partial charge on any atom is 0.306 e. The number of halogens is 1. The van der Waals surface area contributed by atoms with Crippen LogP contribution in [0.2, 0.25) is 0 Å². The zero-order chi connectivity index (χ0) is 26.5. The number of fused-ring (bicyclic) bond motifs is 5. The number of hydrogen-bond donors (Lipinski definition) is 0. The van der Waals surface area contributed by atoms with Crippen LogP contribution in [0.3, 0.4) is 0 Å². The van der Waals surface area contributed by atoms with Gasteiger partial charge in [-0.1, -0.05) is 46.3 Å². The van der Waals surface area contributed by atoms with Gasteiger partial charge in [0.2, 0.25) is 5.78 Å². The predicted molar refractivity (Wildman–Crippen MR) is 136 cm³/mol. The first kappa shape index (κ1) is 27.1. The van der Waals surface area contributed by atoms with Crippen LogP contribution in [0.5, 0.6) is 0 Å². The molecule has 0 saturated heterocycles. The number of hydrogen-bond acceptors (Lipinski definition) is 6. The van der Waals surface area contributed by atoms with Gasteiger partial charge in [0.25, 0.3) is 0 Å². The van der Waals surface area contributed by atoms with Gasteiger partial charge in [-0.05, 0) is 62.0 Å². The Bertz CT molecular complexity index is 1020. The lowest BCUT2D eigenvalue weighted by molar-refractivity contribution is -0.196. The molecule has 36 heavy (non-hydrogen) atoms. The van der Waals surface area contributed by atoms with Crippen molar-refractivity contribution in [1.29, 1.82) is 0 Å². The molecule has 0 heterocycles. The van der Waals surface area contributed by atoms with Crippen molar-refractivity contribution in [3.05, 3.63) is 23.8 Å². The topological polar surface area (TPSA) is 86.7 Å². The minimum Gasteiger partial charge on any atom is -0.457 e. The smallest absolute Gasteiger partial charge is 0.306 e. The first-order valence-electron chi connectivity index (χ1n) is 13.4. The van der Waals surface area contributed by atoms with E-state index < -0.39 is 29.6 Å². The number of esters is 2. The van der Waals surface area contributed by atoms with E-state index in [2.05, 4.69) is 13.8 Å². The highest BCUT2D eigenvalue weighted by atomic mass is 35.5. The molecule has 3 fully saturated rings. The Morgan fingerprint density at radius 1 is 1.17 bits per heavy atom. The molecule has 4 rings (SSSR count). The summed E-state index contributed by atoms with van der Waals surface area (Å²) in [5, 5.41) is -0.275. The molecule has 0 aromatic carbocycles. The molecule has 0 amide bonds. The summed E-state index contributed by atoms with van der Waals surface area (Å²) < 4.78 is 11.5. The average molecular weight is 519 g/mol. The fourth-order valence-electron chi connectivity index (χ4n) is 8.22. The highest BCUT2D eigenvalue weighted by Crippen LogP contribution is 2.70. The Morgan fingerprint density at radius 2 is 1.89 bits per heavy atom. The van der Waals surface area contributed by atoms with Gasteiger partial charge in [0, 0.05) is 35.0 Å². The van der Waals surface area contributed by atoms with Crippen molar-refractivity contribution in [2.24, 2.45) is 34.5 Å². The first-order chi connectivity index (χ1) is 16.9. The predicted octanol–water partition coefficient (Wildman–Crippen LogP) is 5.36. The van der Waals surface area contributed by atoms with Crippen molar-refractivity contribution in [3.63, 3.8) is 0 Å². The summed E-state index contributed by atoms with van der Waals surface area (Å²) in [7, 11) is 0. The van der Waals surface area contributed by atoms with E-state index in [0.29, 0.717) is 12.8 Å². The maximum absolute atomic E-state index is 13.9. The molecule has 0 spiro atoms. The van der Waals surface area contributed by atoms with E-state index in [1.54, 1.807) is 19.1 Å². The monoisotopic (exact) mass is 518 g/mol. The number of Topliss-reactive ketones (excluding diaryl/α,β-unsaturated/α-hetero) is 1. The summed E-state index contributed by atoms with van der Waals surface area (Å²) in [6, 6.07) is 0. The van der Waals surface area contributed by atoms with Crippen molar-refractivity contribution in [3.8, 4) is 0 Å². The average Bonchev–Trinajstić information content (AvgIpc) is 3.04. The van der Waals surface area contributed by atoms with E-state index in [1.165, 1.54) is 0 Å². The molecule has 7 heteroatoms. The van der Waals surface area contributed by atoms with E-state index in [1.807, 2.05) is 19.9 Å². The van der Waals surface area contributed by atoms with Gasteiger partial charge in [-0.25, -0.2) is 0 Å². The van der Waals surface area contributed by atoms with Crippen molar-refractivity contribution in [2.45, 2.75) is 90.5 Å². The van der Waals surface area contributed by atoms with Gasteiger partial charge in [0.1, 0.15) is 0 Å². The summed E-state index contributed by atoms with van der Waals surface area (Å²) in [5.41, 5.74) is -1.26. The molecular weight excluding hydrogens is 480 g/mol. The van der Waals surface area contributed by atoms with E-state index in [-0.39, 0.29) is 58.9 Å². The Morgan fingerprint density at radius 3 is 2.56 bits per heavy atom. The highest BCUT2D eigenvalue weighted by Gasteiger charge is 2.72. The molecule has 6 nitrogen and oxygen atoms in total. The zero-order valence-electron chi connectivity index (χ0n) is 22.1. The van der Waals surface area contributed by atoms with Crippen LogP contribution in [-0.4, -0.2) is 41.1 Å². The lowest BCUT2D eigenvalue weighted by atomic mass is 9.47. The normalized spacial score (nSPS) is 41.0. The van der Waals surface area contributed by atoms with E-state index in [9.17, 15) is 19.2 Å². The molecule has 4 aliphatic rings. The number of allylic oxidation sites excluding steroid dienone is 4.